The third-order valence-electron chi connectivity index (χ3n) is 3.74. The van der Waals surface area contributed by atoms with E-state index in [4.69, 9.17) is 30.2 Å². The van der Waals surface area contributed by atoms with E-state index in [-0.39, 0.29) is 0 Å². The minimum Gasteiger partial charge on any atom is -0.506 e. The van der Waals surface area contributed by atoms with Gasteiger partial charge in [0.05, 0.1) is 13.2 Å². The Balaban J connectivity index is 2.25. The maximum atomic E-state index is 9.83. The average molecular weight is 418 g/mol. The van der Waals surface area contributed by atoms with Gasteiger partial charge >= 0.3 is 11.9 Å². The van der Waals surface area contributed by atoms with Gasteiger partial charge < -0.3 is 50.3 Å². The SMILES string of the molecule is OC[C@H](O)[C@H]1OC(OO)(OOC2(OO)O[C@H]([C@@H](O)CO)C(O)=C2O)C(O)=C1O. The standard InChI is InChI=1S/C12H18O16/c13-1-3(15)7-5(17)9(19)11(23-7,25-21)27-28-12(26-22)10(20)6(18)8(24-12)4(16)2-14/h3-4,7-8,13-22H,1-2H2/t3-,4-,7+,8+,11?,12?/m0/s1. The molecule has 2 rings (SSSR count). The summed E-state index contributed by atoms with van der Waals surface area (Å²) in [5, 5.41) is 93.9. The smallest absolute Gasteiger partial charge is 0.402 e. The monoisotopic (exact) mass is 418 g/mol. The Hall–Kier alpha value is -1.80. The molecule has 0 fully saturated rings. The van der Waals surface area contributed by atoms with E-state index in [1.807, 2.05) is 0 Å². The van der Waals surface area contributed by atoms with E-state index < -0.39 is 72.6 Å². The van der Waals surface area contributed by atoms with E-state index >= 15 is 0 Å². The first-order valence-corrected chi connectivity index (χ1v) is 7.33. The highest BCUT2D eigenvalue weighted by molar-refractivity contribution is 5.19. The summed E-state index contributed by atoms with van der Waals surface area (Å²) in [7, 11) is 0. The molecule has 28 heavy (non-hydrogen) atoms. The van der Waals surface area contributed by atoms with Crippen LogP contribution >= 0.6 is 0 Å². The Morgan fingerprint density at radius 3 is 1.32 bits per heavy atom. The third-order valence-corrected chi connectivity index (χ3v) is 3.74. The molecule has 0 saturated carbocycles. The van der Waals surface area contributed by atoms with Crippen molar-refractivity contribution < 1.29 is 80.4 Å². The highest BCUT2D eigenvalue weighted by Crippen LogP contribution is 2.41. The average Bonchev–Trinajstić information content (AvgIpc) is 3.12. The molecule has 6 atom stereocenters. The second-order valence-corrected chi connectivity index (χ2v) is 5.51. The number of aliphatic hydroxyl groups excluding tert-OH is 8. The lowest BCUT2D eigenvalue weighted by atomic mass is 10.2. The van der Waals surface area contributed by atoms with Crippen molar-refractivity contribution in [3.8, 4) is 0 Å². The topological polar surface area (TPSA) is 258 Å². The van der Waals surface area contributed by atoms with Crippen LogP contribution in [0.15, 0.2) is 23.0 Å². The van der Waals surface area contributed by atoms with Gasteiger partial charge in [0.15, 0.2) is 23.7 Å². The van der Waals surface area contributed by atoms with E-state index in [0.29, 0.717) is 0 Å². The number of hydrogen-bond donors (Lipinski definition) is 10. The maximum Gasteiger partial charge on any atom is 0.402 e. The zero-order chi connectivity index (χ0) is 21.3. The highest BCUT2D eigenvalue weighted by Gasteiger charge is 2.61. The molecule has 0 aromatic carbocycles. The first-order chi connectivity index (χ1) is 13.1. The van der Waals surface area contributed by atoms with Crippen LogP contribution < -0.4 is 0 Å². The van der Waals surface area contributed by atoms with Crippen molar-refractivity contribution in [2.45, 2.75) is 36.4 Å². The van der Waals surface area contributed by atoms with Crippen LogP contribution in [-0.2, 0) is 29.0 Å². The van der Waals surface area contributed by atoms with Gasteiger partial charge in [0, 0.05) is 0 Å². The predicted molar refractivity (Wildman–Crippen MR) is 75.6 cm³/mol. The molecule has 16 heteroatoms. The molecule has 0 bridgehead atoms. The van der Waals surface area contributed by atoms with Gasteiger partial charge in [0.1, 0.15) is 12.2 Å². The van der Waals surface area contributed by atoms with Crippen molar-refractivity contribution in [1.82, 2.24) is 0 Å². The van der Waals surface area contributed by atoms with Crippen molar-refractivity contribution >= 4 is 0 Å². The number of aliphatic hydroxyl groups is 8. The van der Waals surface area contributed by atoms with Crippen LogP contribution in [0.1, 0.15) is 0 Å². The van der Waals surface area contributed by atoms with Crippen molar-refractivity contribution in [1.29, 1.82) is 0 Å². The lowest BCUT2D eigenvalue weighted by Gasteiger charge is -2.30. The molecule has 2 heterocycles. The van der Waals surface area contributed by atoms with Crippen LogP contribution in [0.2, 0.25) is 0 Å². The van der Waals surface area contributed by atoms with Gasteiger partial charge in [-0.25, -0.2) is 10.5 Å². The molecule has 0 aliphatic carbocycles. The number of ether oxygens (including phenoxy) is 2. The molecule has 162 valence electrons. The molecular weight excluding hydrogens is 400 g/mol. The minimum atomic E-state index is -3.25. The first kappa shape index (κ1) is 22.5. The van der Waals surface area contributed by atoms with Crippen LogP contribution in [0.5, 0.6) is 0 Å². The molecule has 2 unspecified atom stereocenters. The van der Waals surface area contributed by atoms with Crippen LogP contribution in [-0.4, -0.2) is 101 Å². The molecule has 10 N–H and O–H groups in total. The lowest BCUT2D eigenvalue weighted by molar-refractivity contribution is -0.635. The second kappa shape index (κ2) is 8.29. The van der Waals surface area contributed by atoms with Crippen molar-refractivity contribution in [2.24, 2.45) is 0 Å². The minimum absolute atomic E-state index is 0.977. The van der Waals surface area contributed by atoms with Crippen molar-refractivity contribution in [2.75, 3.05) is 13.2 Å². The summed E-state index contributed by atoms with van der Waals surface area (Å²) in [6.07, 6.45) is -7.46. The molecule has 2 aliphatic heterocycles. The molecule has 0 saturated heterocycles. The van der Waals surface area contributed by atoms with Gasteiger partial charge in [0.25, 0.3) is 0 Å². The fourth-order valence-corrected chi connectivity index (χ4v) is 2.24. The van der Waals surface area contributed by atoms with E-state index in [2.05, 4.69) is 19.6 Å². The highest BCUT2D eigenvalue weighted by atomic mass is 17.4. The molecule has 0 aromatic rings. The van der Waals surface area contributed by atoms with Crippen LogP contribution in [0.4, 0.5) is 0 Å². The largest absolute Gasteiger partial charge is 0.506 e. The lowest BCUT2D eigenvalue weighted by Crippen LogP contribution is -2.47. The first-order valence-electron chi connectivity index (χ1n) is 7.33. The third kappa shape index (κ3) is 3.48. The Labute approximate surface area is 154 Å². The Morgan fingerprint density at radius 1 is 0.750 bits per heavy atom. The molecule has 0 spiro atoms. The Bertz CT molecular complexity index is 579. The molecule has 0 amide bonds. The summed E-state index contributed by atoms with van der Waals surface area (Å²) < 4.78 is 9.47. The van der Waals surface area contributed by atoms with Crippen molar-refractivity contribution in [3.05, 3.63) is 23.0 Å². The summed E-state index contributed by atoms with van der Waals surface area (Å²) in [6.45, 7) is -1.95. The molecule has 16 nitrogen and oxygen atoms in total. The Kier molecular flexibility index (Phi) is 6.66. The molecule has 0 aromatic heterocycles. The number of hydrogen-bond acceptors (Lipinski definition) is 16. The van der Waals surface area contributed by atoms with Crippen LogP contribution in [0, 0.1) is 0 Å². The van der Waals surface area contributed by atoms with Gasteiger partial charge in [0.2, 0.25) is 11.5 Å². The van der Waals surface area contributed by atoms with Crippen molar-refractivity contribution in [3.63, 3.8) is 0 Å². The summed E-state index contributed by atoms with van der Waals surface area (Å²) in [5.74, 6) is -11.7. The summed E-state index contributed by atoms with van der Waals surface area (Å²) in [5.41, 5.74) is 0. The predicted octanol–water partition coefficient (Wildman–Crippen LogP) is -2.62. The fraction of sp³-hybridized carbons (Fsp3) is 0.667. The maximum absolute atomic E-state index is 9.83. The Morgan fingerprint density at radius 2 is 1.07 bits per heavy atom. The normalized spacial score (nSPS) is 35.6. The van der Waals surface area contributed by atoms with Crippen LogP contribution in [0.3, 0.4) is 0 Å². The molecule has 2 aliphatic rings. The van der Waals surface area contributed by atoms with E-state index in [9.17, 15) is 30.6 Å². The summed E-state index contributed by atoms with van der Waals surface area (Å²) in [4.78, 5) is 16.3. The van der Waals surface area contributed by atoms with Gasteiger partial charge in [-0.15, -0.1) is 0 Å². The van der Waals surface area contributed by atoms with Gasteiger partial charge in [-0.1, -0.05) is 0 Å². The molecular formula is C12H18O16. The fourth-order valence-electron chi connectivity index (χ4n) is 2.24. The van der Waals surface area contributed by atoms with E-state index in [1.165, 1.54) is 0 Å². The quantitative estimate of drug-likeness (QED) is 0.104. The summed E-state index contributed by atoms with van der Waals surface area (Å²) >= 11 is 0. The van der Waals surface area contributed by atoms with Gasteiger partial charge in [-0.3, -0.25) is 0 Å². The zero-order valence-corrected chi connectivity index (χ0v) is 13.6. The summed E-state index contributed by atoms with van der Waals surface area (Å²) in [6, 6.07) is 0. The van der Waals surface area contributed by atoms with E-state index in [0.717, 1.165) is 0 Å². The van der Waals surface area contributed by atoms with Crippen LogP contribution in [0.25, 0.3) is 0 Å². The van der Waals surface area contributed by atoms with Gasteiger partial charge in [-0.2, -0.15) is 19.6 Å². The second-order valence-electron chi connectivity index (χ2n) is 5.51. The van der Waals surface area contributed by atoms with Gasteiger partial charge in [-0.05, 0) is 0 Å². The van der Waals surface area contributed by atoms with E-state index in [1.54, 1.807) is 0 Å². The number of rotatable bonds is 9. The zero-order valence-electron chi connectivity index (χ0n) is 13.6. The molecule has 0 radical (unpaired) electrons.